The van der Waals surface area contributed by atoms with E-state index in [0.29, 0.717) is 0 Å². The van der Waals surface area contributed by atoms with Crippen LogP contribution in [-0.4, -0.2) is 14.8 Å². The van der Waals surface area contributed by atoms with E-state index in [1.165, 1.54) is 25.7 Å². The van der Waals surface area contributed by atoms with Gasteiger partial charge in [0.1, 0.15) is 11.6 Å². The van der Waals surface area contributed by atoms with Crippen molar-refractivity contribution in [2.75, 3.05) is 0 Å². The summed E-state index contributed by atoms with van der Waals surface area (Å²) in [5, 5.41) is 9.59. The zero-order valence-electron chi connectivity index (χ0n) is 11.1. The van der Waals surface area contributed by atoms with Gasteiger partial charge in [-0.15, -0.1) is 10.2 Å². The lowest BCUT2D eigenvalue weighted by molar-refractivity contribution is 0.449. The Labute approximate surface area is 122 Å². The molecule has 1 aliphatic carbocycles. The first-order chi connectivity index (χ1) is 9.24. The molecule has 1 aromatic carbocycles. The quantitative estimate of drug-likeness (QED) is 0.801. The molecule has 0 radical (unpaired) electrons. The van der Waals surface area contributed by atoms with Gasteiger partial charge in [0, 0.05) is 11.1 Å². The fourth-order valence-electron chi connectivity index (χ4n) is 3.02. The van der Waals surface area contributed by atoms with Gasteiger partial charge in [0.05, 0.1) is 5.33 Å². The van der Waals surface area contributed by atoms with Crippen LogP contribution in [0, 0.1) is 0 Å². The largest absolute Gasteiger partial charge is 0.282 e. The van der Waals surface area contributed by atoms with Crippen molar-refractivity contribution in [3.63, 3.8) is 0 Å². The maximum Gasteiger partial charge on any atom is 0.148 e. The van der Waals surface area contributed by atoms with Gasteiger partial charge in [0.15, 0.2) is 0 Å². The SMILES string of the molecule is CC1(c2nnc(CBr)n2-c2ccccc2)CCCC1. The fourth-order valence-corrected chi connectivity index (χ4v) is 3.38. The number of nitrogens with zero attached hydrogens (tertiary/aromatic N) is 3. The van der Waals surface area contributed by atoms with Crippen LogP contribution >= 0.6 is 15.9 Å². The van der Waals surface area contributed by atoms with E-state index in [-0.39, 0.29) is 5.41 Å². The predicted molar refractivity (Wildman–Crippen MR) is 79.8 cm³/mol. The van der Waals surface area contributed by atoms with Gasteiger partial charge in [-0.3, -0.25) is 4.57 Å². The molecular weight excluding hydrogens is 302 g/mol. The van der Waals surface area contributed by atoms with Crippen molar-refractivity contribution in [2.24, 2.45) is 0 Å². The highest BCUT2D eigenvalue weighted by molar-refractivity contribution is 9.08. The van der Waals surface area contributed by atoms with E-state index in [0.717, 1.165) is 22.7 Å². The smallest absolute Gasteiger partial charge is 0.148 e. The summed E-state index contributed by atoms with van der Waals surface area (Å²) in [6.45, 7) is 2.32. The van der Waals surface area contributed by atoms with Crippen molar-refractivity contribution in [2.45, 2.75) is 43.4 Å². The number of hydrogen-bond donors (Lipinski definition) is 0. The van der Waals surface area contributed by atoms with Crippen molar-refractivity contribution in [1.29, 1.82) is 0 Å². The van der Waals surface area contributed by atoms with Crippen LogP contribution in [0.2, 0.25) is 0 Å². The second-order valence-corrected chi connectivity index (χ2v) is 6.07. The Kier molecular flexibility index (Phi) is 3.44. The van der Waals surface area contributed by atoms with Crippen LogP contribution in [0.3, 0.4) is 0 Å². The molecule has 3 rings (SSSR count). The van der Waals surface area contributed by atoms with Gasteiger partial charge in [-0.25, -0.2) is 0 Å². The summed E-state index contributed by atoms with van der Waals surface area (Å²) in [6, 6.07) is 10.4. The van der Waals surface area contributed by atoms with E-state index in [9.17, 15) is 0 Å². The molecule has 0 aliphatic heterocycles. The molecule has 2 aromatic rings. The topological polar surface area (TPSA) is 30.7 Å². The highest BCUT2D eigenvalue weighted by Crippen LogP contribution is 2.40. The summed E-state index contributed by atoms with van der Waals surface area (Å²) in [5.41, 5.74) is 1.33. The molecule has 1 aliphatic rings. The highest BCUT2D eigenvalue weighted by Gasteiger charge is 2.36. The minimum absolute atomic E-state index is 0.170. The maximum absolute atomic E-state index is 4.50. The number of aromatic nitrogens is 3. The van der Waals surface area contributed by atoms with Gasteiger partial charge >= 0.3 is 0 Å². The number of para-hydroxylation sites is 1. The van der Waals surface area contributed by atoms with Crippen LogP contribution < -0.4 is 0 Å². The van der Waals surface area contributed by atoms with Crippen molar-refractivity contribution in [1.82, 2.24) is 14.8 Å². The molecule has 19 heavy (non-hydrogen) atoms. The highest BCUT2D eigenvalue weighted by atomic mass is 79.9. The molecule has 1 fully saturated rings. The van der Waals surface area contributed by atoms with Gasteiger partial charge < -0.3 is 0 Å². The molecule has 1 heterocycles. The molecule has 0 saturated heterocycles. The summed E-state index contributed by atoms with van der Waals surface area (Å²) in [6.07, 6.45) is 5.00. The summed E-state index contributed by atoms with van der Waals surface area (Å²) in [5.74, 6) is 2.10. The third-order valence-electron chi connectivity index (χ3n) is 4.11. The van der Waals surface area contributed by atoms with E-state index < -0.39 is 0 Å². The van der Waals surface area contributed by atoms with Gasteiger partial charge in [-0.05, 0) is 25.0 Å². The molecule has 1 saturated carbocycles. The predicted octanol–water partition coefficient (Wildman–Crippen LogP) is 3.99. The standard InChI is InChI=1S/C15H18BrN3/c1-15(9-5-6-10-15)14-18-17-13(11-16)19(14)12-7-3-2-4-8-12/h2-4,7-8H,5-6,9-11H2,1H3. The Morgan fingerprint density at radius 2 is 1.84 bits per heavy atom. The average molecular weight is 320 g/mol. The van der Waals surface area contributed by atoms with Crippen molar-refractivity contribution < 1.29 is 0 Å². The monoisotopic (exact) mass is 319 g/mol. The van der Waals surface area contributed by atoms with Gasteiger partial charge in [0.2, 0.25) is 0 Å². The Bertz CT molecular complexity index is 556. The summed E-state index contributed by atoms with van der Waals surface area (Å²) >= 11 is 3.52. The van der Waals surface area contributed by atoms with Crippen molar-refractivity contribution >= 4 is 15.9 Å². The van der Waals surface area contributed by atoms with Crippen LogP contribution in [0.5, 0.6) is 0 Å². The van der Waals surface area contributed by atoms with E-state index >= 15 is 0 Å². The Morgan fingerprint density at radius 1 is 1.16 bits per heavy atom. The van der Waals surface area contributed by atoms with Crippen LogP contribution in [-0.2, 0) is 10.7 Å². The van der Waals surface area contributed by atoms with E-state index in [1.54, 1.807) is 0 Å². The summed E-state index contributed by atoms with van der Waals surface area (Å²) in [7, 11) is 0. The zero-order chi connectivity index (χ0) is 13.3. The lowest BCUT2D eigenvalue weighted by Crippen LogP contribution is -2.23. The second kappa shape index (κ2) is 5.08. The lowest BCUT2D eigenvalue weighted by atomic mass is 9.87. The van der Waals surface area contributed by atoms with E-state index in [1.807, 2.05) is 6.07 Å². The second-order valence-electron chi connectivity index (χ2n) is 5.51. The normalized spacial score (nSPS) is 17.8. The van der Waals surface area contributed by atoms with Crippen LogP contribution in [0.15, 0.2) is 30.3 Å². The molecule has 0 bridgehead atoms. The first-order valence-corrected chi connectivity index (χ1v) is 7.93. The van der Waals surface area contributed by atoms with Crippen LogP contribution in [0.4, 0.5) is 0 Å². The molecule has 4 heteroatoms. The number of rotatable bonds is 3. The lowest BCUT2D eigenvalue weighted by Gasteiger charge is -2.23. The molecule has 3 nitrogen and oxygen atoms in total. The molecule has 0 amide bonds. The number of alkyl halides is 1. The third-order valence-corrected chi connectivity index (χ3v) is 4.61. The van der Waals surface area contributed by atoms with Gasteiger partial charge in [-0.1, -0.05) is 53.9 Å². The number of benzene rings is 1. The molecule has 1 aromatic heterocycles. The van der Waals surface area contributed by atoms with Gasteiger partial charge in [-0.2, -0.15) is 0 Å². The first kappa shape index (κ1) is 12.9. The molecule has 0 atom stereocenters. The van der Waals surface area contributed by atoms with Gasteiger partial charge in [0.25, 0.3) is 0 Å². The van der Waals surface area contributed by atoms with Crippen molar-refractivity contribution in [3.05, 3.63) is 42.0 Å². The first-order valence-electron chi connectivity index (χ1n) is 6.81. The number of halogens is 1. The maximum atomic E-state index is 4.50. The van der Waals surface area contributed by atoms with Crippen LogP contribution in [0.25, 0.3) is 5.69 Å². The minimum atomic E-state index is 0.170. The van der Waals surface area contributed by atoms with E-state index in [2.05, 4.69) is 61.9 Å². The summed E-state index contributed by atoms with van der Waals surface area (Å²) < 4.78 is 2.22. The summed E-state index contributed by atoms with van der Waals surface area (Å²) in [4.78, 5) is 0. The Hall–Kier alpha value is -1.16. The molecule has 0 unspecified atom stereocenters. The van der Waals surface area contributed by atoms with Crippen molar-refractivity contribution in [3.8, 4) is 5.69 Å². The Balaban J connectivity index is 2.14. The molecule has 0 N–H and O–H groups in total. The van der Waals surface area contributed by atoms with E-state index in [4.69, 9.17) is 0 Å². The minimum Gasteiger partial charge on any atom is -0.282 e. The fraction of sp³-hybridized carbons (Fsp3) is 0.467. The third kappa shape index (κ3) is 2.22. The number of hydrogen-bond acceptors (Lipinski definition) is 2. The zero-order valence-corrected chi connectivity index (χ0v) is 12.7. The molecular formula is C15H18BrN3. The molecule has 0 spiro atoms. The molecule has 100 valence electrons. The Morgan fingerprint density at radius 3 is 2.47 bits per heavy atom. The van der Waals surface area contributed by atoms with Crippen LogP contribution in [0.1, 0.15) is 44.3 Å². The average Bonchev–Trinajstić information content (AvgIpc) is 3.06.